The number of ketones is 1. The van der Waals surface area contributed by atoms with Crippen molar-refractivity contribution in [1.29, 1.82) is 0 Å². The number of methoxy groups -OCH3 is 1. The molecule has 0 spiro atoms. The van der Waals surface area contributed by atoms with Crippen LogP contribution in [0.2, 0.25) is 0 Å². The van der Waals surface area contributed by atoms with Gasteiger partial charge in [0.2, 0.25) is 0 Å². The van der Waals surface area contributed by atoms with Crippen molar-refractivity contribution >= 4 is 39.1 Å². The highest BCUT2D eigenvalue weighted by molar-refractivity contribution is 7.99. The normalized spacial score (nSPS) is 13.5. The first-order valence-electron chi connectivity index (χ1n) is 12.3. The van der Waals surface area contributed by atoms with Crippen LogP contribution in [-0.4, -0.2) is 32.8 Å². The molecular weight excluding hydrogens is 490 g/mol. The number of thiophene rings is 1. The summed E-state index contributed by atoms with van der Waals surface area (Å²) in [6.07, 6.45) is 3.12. The zero-order valence-corrected chi connectivity index (χ0v) is 23.2. The second-order valence-electron chi connectivity index (χ2n) is 9.46. The van der Waals surface area contributed by atoms with Gasteiger partial charge in [-0.25, -0.2) is 4.98 Å². The highest BCUT2D eigenvalue weighted by Gasteiger charge is 2.28. The maximum Gasteiger partial charge on any atom is 0.267 e. The van der Waals surface area contributed by atoms with Crippen molar-refractivity contribution in [2.24, 2.45) is 0 Å². The summed E-state index contributed by atoms with van der Waals surface area (Å²) in [7, 11) is 1.63. The molecular formula is C28H31N3O3S2. The number of thioether (sulfide) groups is 1. The predicted molar refractivity (Wildman–Crippen MR) is 148 cm³/mol. The Balaban J connectivity index is 1.58. The Morgan fingerprint density at radius 3 is 2.58 bits per heavy atom. The zero-order chi connectivity index (χ0) is 25.7. The van der Waals surface area contributed by atoms with Crippen LogP contribution in [0.1, 0.15) is 63.6 Å². The quantitative estimate of drug-likeness (QED) is 0.153. The van der Waals surface area contributed by atoms with Crippen LogP contribution in [0, 0.1) is 27.7 Å². The minimum Gasteiger partial charge on any atom is -0.497 e. The van der Waals surface area contributed by atoms with Crippen LogP contribution in [-0.2, 0) is 6.42 Å². The molecule has 1 fully saturated rings. The van der Waals surface area contributed by atoms with Crippen LogP contribution in [0.4, 0.5) is 0 Å². The molecule has 0 atom stereocenters. The molecule has 1 aromatic carbocycles. The van der Waals surface area contributed by atoms with Crippen molar-refractivity contribution in [3.05, 3.63) is 67.6 Å². The number of nitrogens with zero attached hydrogens (tertiary/aromatic N) is 3. The molecule has 0 bridgehead atoms. The number of carbonyl (C=O) groups is 1. The standard InChI is InChI=1S/C28H31N3O3S2/c1-7-21-18(5)36-26-25(21)27(33)31(23-11-10-20(34-6)12-15(23)2)28(29-26)35-14-24(32)22-13-16(3)30(17(22)4)19-8-9-19/h10-13,19H,7-9,14H2,1-6H3. The Labute approximate surface area is 219 Å². The predicted octanol–water partition coefficient (Wildman–Crippen LogP) is 6.36. The lowest BCUT2D eigenvalue weighted by atomic mass is 10.1. The third-order valence-corrected chi connectivity index (χ3v) is 9.00. The van der Waals surface area contributed by atoms with Gasteiger partial charge in [0.1, 0.15) is 10.6 Å². The maximum atomic E-state index is 13.9. The molecule has 5 rings (SSSR count). The molecule has 0 unspecified atom stereocenters. The third-order valence-electron chi connectivity index (χ3n) is 7.02. The van der Waals surface area contributed by atoms with E-state index >= 15 is 0 Å². The lowest BCUT2D eigenvalue weighted by Gasteiger charge is -2.15. The molecule has 0 amide bonds. The van der Waals surface area contributed by atoms with Crippen molar-refractivity contribution in [2.45, 2.75) is 65.1 Å². The largest absolute Gasteiger partial charge is 0.497 e. The summed E-state index contributed by atoms with van der Waals surface area (Å²) in [4.78, 5) is 34.1. The van der Waals surface area contributed by atoms with E-state index in [1.807, 2.05) is 45.0 Å². The molecule has 0 aliphatic heterocycles. The van der Waals surface area contributed by atoms with Crippen molar-refractivity contribution in [3.63, 3.8) is 0 Å². The molecule has 3 heterocycles. The van der Waals surface area contributed by atoms with E-state index in [4.69, 9.17) is 9.72 Å². The number of fused-ring (bicyclic) bond motifs is 1. The molecule has 3 aromatic heterocycles. The number of hydrogen-bond acceptors (Lipinski definition) is 6. The lowest BCUT2D eigenvalue weighted by molar-refractivity contribution is 0.102. The third kappa shape index (κ3) is 4.20. The van der Waals surface area contributed by atoms with Gasteiger partial charge >= 0.3 is 0 Å². The highest BCUT2D eigenvalue weighted by atomic mass is 32.2. The first-order chi connectivity index (χ1) is 17.2. The molecule has 1 aliphatic carbocycles. The molecule has 8 heteroatoms. The average Bonchev–Trinajstić information content (AvgIpc) is 3.56. The monoisotopic (exact) mass is 521 g/mol. The SMILES string of the molecule is CCc1c(C)sc2nc(SCC(=O)c3cc(C)n(C4CC4)c3C)n(-c3ccc(OC)cc3C)c(=O)c12. The minimum atomic E-state index is -0.0867. The van der Waals surface area contributed by atoms with Gasteiger partial charge in [0, 0.05) is 27.9 Å². The average molecular weight is 522 g/mol. The highest BCUT2D eigenvalue weighted by Crippen LogP contribution is 2.39. The van der Waals surface area contributed by atoms with Crippen molar-refractivity contribution in [3.8, 4) is 11.4 Å². The number of benzene rings is 1. The molecule has 1 aliphatic rings. The van der Waals surface area contributed by atoms with Gasteiger partial charge in [-0.2, -0.15) is 0 Å². The smallest absolute Gasteiger partial charge is 0.267 e. The first kappa shape index (κ1) is 24.8. The summed E-state index contributed by atoms with van der Waals surface area (Å²) in [5, 5.41) is 1.22. The molecule has 0 N–H and O–H groups in total. The van der Waals surface area contributed by atoms with Gasteiger partial charge in [0.15, 0.2) is 10.9 Å². The molecule has 0 saturated heterocycles. The molecule has 4 aromatic rings. The zero-order valence-electron chi connectivity index (χ0n) is 21.6. The Morgan fingerprint density at radius 1 is 1.19 bits per heavy atom. The Hall–Kier alpha value is -2.84. The van der Waals surface area contributed by atoms with Gasteiger partial charge in [-0.05, 0) is 82.3 Å². The molecule has 6 nitrogen and oxygen atoms in total. The maximum absolute atomic E-state index is 13.9. The van der Waals surface area contributed by atoms with Crippen molar-refractivity contribution in [2.75, 3.05) is 12.9 Å². The fourth-order valence-electron chi connectivity index (χ4n) is 5.10. The summed E-state index contributed by atoms with van der Waals surface area (Å²) in [5.74, 6) is 1.01. The Kier molecular flexibility index (Phi) is 6.59. The lowest BCUT2D eigenvalue weighted by Crippen LogP contribution is -2.23. The second-order valence-corrected chi connectivity index (χ2v) is 11.6. The first-order valence-corrected chi connectivity index (χ1v) is 14.1. The van der Waals surface area contributed by atoms with Gasteiger partial charge < -0.3 is 9.30 Å². The molecule has 36 heavy (non-hydrogen) atoms. The number of Topliss-reactive ketones (excluding diaryl/α,β-unsaturated/α-hetero) is 1. The van der Waals surface area contributed by atoms with Crippen LogP contribution in [0.15, 0.2) is 34.2 Å². The van der Waals surface area contributed by atoms with Crippen molar-refractivity contribution < 1.29 is 9.53 Å². The minimum absolute atomic E-state index is 0.0592. The molecule has 188 valence electrons. The summed E-state index contributed by atoms with van der Waals surface area (Å²) in [5.41, 5.74) is 5.56. The molecule has 1 saturated carbocycles. The van der Waals surface area contributed by atoms with Gasteiger partial charge in [-0.15, -0.1) is 11.3 Å². The molecule has 0 radical (unpaired) electrons. The van der Waals surface area contributed by atoms with Crippen LogP contribution in [0.5, 0.6) is 5.75 Å². The number of hydrogen-bond donors (Lipinski definition) is 0. The second kappa shape index (κ2) is 9.56. The van der Waals surface area contributed by atoms with Crippen molar-refractivity contribution in [1.82, 2.24) is 14.1 Å². The van der Waals surface area contributed by atoms with Gasteiger partial charge in [0.05, 0.1) is 23.9 Å². The Bertz CT molecular complexity index is 1560. The van der Waals surface area contributed by atoms with Crippen LogP contribution in [0.3, 0.4) is 0 Å². The van der Waals surface area contributed by atoms with Gasteiger partial charge in [-0.1, -0.05) is 18.7 Å². The number of aryl methyl sites for hydroxylation is 4. The van der Waals surface area contributed by atoms with E-state index < -0.39 is 0 Å². The Morgan fingerprint density at radius 2 is 1.94 bits per heavy atom. The van der Waals surface area contributed by atoms with Crippen LogP contribution >= 0.6 is 23.1 Å². The topological polar surface area (TPSA) is 66.1 Å². The number of rotatable bonds is 8. The summed E-state index contributed by atoms with van der Waals surface area (Å²) in [6.45, 7) is 10.2. The van der Waals surface area contributed by atoms with Crippen LogP contribution in [0.25, 0.3) is 15.9 Å². The van der Waals surface area contributed by atoms with E-state index in [1.54, 1.807) is 23.0 Å². The van der Waals surface area contributed by atoms with Gasteiger partial charge in [-0.3, -0.25) is 14.2 Å². The fourth-order valence-corrected chi connectivity index (χ4v) is 7.14. The van der Waals surface area contributed by atoms with E-state index in [9.17, 15) is 9.59 Å². The van der Waals surface area contributed by atoms with E-state index in [2.05, 4.69) is 18.4 Å². The number of ether oxygens (including phenoxy) is 1. The van der Waals surface area contributed by atoms with E-state index in [0.29, 0.717) is 16.6 Å². The number of carbonyl (C=O) groups excluding carboxylic acids is 1. The number of aromatic nitrogens is 3. The van der Waals surface area contributed by atoms with E-state index in [1.165, 1.54) is 24.6 Å². The summed E-state index contributed by atoms with van der Waals surface area (Å²) >= 11 is 2.88. The summed E-state index contributed by atoms with van der Waals surface area (Å²) in [6, 6.07) is 8.19. The summed E-state index contributed by atoms with van der Waals surface area (Å²) < 4.78 is 9.34. The van der Waals surface area contributed by atoms with Gasteiger partial charge in [0.25, 0.3) is 5.56 Å². The fraction of sp³-hybridized carbons (Fsp3) is 0.393. The van der Waals surface area contributed by atoms with E-state index in [-0.39, 0.29) is 17.1 Å². The van der Waals surface area contributed by atoms with Crippen LogP contribution < -0.4 is 10.3 Å². The van der Waals surface area contributed by atoms with E-state index in [0.717, 1.165) is 55.6 Å².